The lowest BCUT2D eigenvalue weighted by Gasteiger charge is -2.29. The third kappa shape index (κ3) is 4.46. The van der Waals surface area contributed by atoms with Crippen molar-refractivity contribution < 1.29 is 13.9 Å². The minimum absolute atomic E-state index is 0.0741. The summed E-state index contributed by atoms with van der Waals surface area (Å²) < 4.78 is 21.8. The summed E-state index contributed by atoms with van der Waals surface area (Å²) in [5.74, 6) is -0.593. The van der Waals surface area contributed by atoms with Crippen molar-refractivity contribution in [2.75, 3.05) is 36.5 Å². The van der Waals surface area contributed by atoms with E-state index in [9.17, 15) is 9.18 Å². The lowest BCUT2D eigenvalue weighted by atomic mass is 10.0. The molecule has 0 unspecified atom stereocenters. The van der Waals surface area contributed by atoms with Crippen LogP contribution in [0.4, 0.5) is 15.8 Å². The van der Waals surface area contributed by atoms with Gasteiger partial charge in [-0.2, -0.15) is 5.10 Å². The Hall–Kier alpha value is -3.19. The van der Waals surface area contributed by atoms with Crippen molar-refractivity contribution in [3.05, 3.63) is 71.3 Å². The number of rotatable bonds is 5. The highest BCUT2D eigenvalue weighted by Crippen LogP contribution is 2.26. The summed E-state index contributed by atoms with van der Waals surface area (Å²) in [6.45, 7) is 8.54. The van der Waals surface area contributed by atoms with Gasteiger partial charge < -0.3 is 15.0 Å². The Labute approximate surface area is 181 Å². The number of anilines is 2. The van der Waals surface area contributed by atoms with Crippen LogP contribution in [0, 0.1) is 12.7 Å². The molecule has 1 aliphatic heterocycles. The van der Waals surface area contributed by atoms with Gasteiger partial charge in [-0.3, -0.25) is 4.79 Å². The van der Waals surface area contributed by atoms with E-state index in [2.05, 4.69) is 10.4 Å². The summed E-state index contributed by atoms with van der Waals surface area (Å²) in [6, 6.07) is 12.8. The summed E-state index contributed by atoms with van der Waals surface area (Å²) in [4.78, 5) is 15.0. The number of aryl methyl sites for hydroxylation is 1. The van der Waals surface area contributed by atoms with E-state index in [1.54, 1.807) is 23.0 Å². The van der Waals surface area contributed by atoms with Gasteiger partial charge in [0.15, 0.2) is 0 Å². The van der Waals surface area contributed by atoms with Crippen LogP contribution >= 0.6 is 0 Å². The molecular formula is C24H27FN4O2. The number of nitrogens with zero attached hydrogens (tertiary/aromatic N) is 3. The number of benzene rings is 2. The number of carbonyl (C=O) groups excluding carboxylic acids is 1. The Kier molecular flexibility index (Phi) is 6.04. The first-order valence-corrected chi connectivity index (χ1v) is 10.5. The first-order chi connectivity index (χ1) is 14.9. The first kappa shape index (κ1) is 21.1. The molecule has 1 aliphatic rings. The third-order valence-electron chi connectivity index (χ3n) is 5.43. The summed E-state index contributed by atoms with van der Waals surface area (Å²) in [7, 11) is 0. The predicted molar refractivity (Wildman–Crippen MR) is 120 cm³/mol. The van der Waals surface area contributed by atoms with Crippen molar-refractivity contribution >= 4 is 17.3 Å². The monoisotopic (exact) mass is 422 g/mol. The van der Waals surface area contributed by atoms with E-state index in [1.807, 2.05) is 49.9 Å². The highest BCUT2D eigenvalue weighted by atomic mass is 19.1. The second-order valence-corrected chi connectivity index (χ2v) is 8.07. The number of ether oxygens (including phenoxy) is 1. The normalized spacial score (nSPS) is 14.2. The van der Waals surface area contributed by atoms with Crippen molar-refractivity contribution in [1.29, 1.82) is 0 Å². The minimum atomic E-state index is -0.362. The van der Waals surface area contributed by atoms with Gasteiger partial charge in [-0.05, 0) is 43.2 Å². The molecule has 0 radical (unpaired) electrons. The van der Waals surface area contributed by atoms with E-state index >= 15 is 0 Å². The van der Waals surface area contributed by atoms with Crippen LogP contribution in [0.2, 0.25) is 0 Å². The zero-order chi connectivity index (χ0) is 22.0. The molecule has 0 atom stereocenters. The fourth-order valence-corrected chi connectivity index (χ4v) is 3.82. The molecule has 31 heavy (non-hydrogen) atoms. The standard InChI is InChI=1S/C24H27FN4O2/c1-16(2)23-20(15-26-29(23)19-7-4-17(3)5-8-19)24(30)27-18-6-9-22(21(25)14-18)28-10-12-31-13-11-28/h4-9,14-16H,10-13H2,1-3H3,(H,27,30). The van der Waals surface area contributed by atoms with Gasteiger partial charge >= 0.3 is 0 Å². The number of aromatic nitrogens is 2. The fraction of sp³-hybridized carbons (Fsp3) is 0.333. The van der Waals surface area contributed by atoms with Crippen LogP contribution in [-0.4, -0.2) is 42.0 Å². The molecular weight excluding hydrogens is 395 g/mol. The average molecular weight is 423 g/mol. The van der Waals surface area contributed by atoms with Gasteiger partial charge in [0, 0.05) is 18.8 Å². The van der Waals surface area contributed by atoms with E-state index < -0.39 is 0 Å². The Morgan fingerprint density at radius 1 is 1.13 bits per heavy atom. The number of hydrogen-bond donors (Lipinski definition) is 1. The van der Waals surface area contributed by atoms with Gasteiger partial charge in [0.2, 0.25) is 0 Å². The highest BCUT2D eigenvalue weighted by molar-refractivity contribution is 6.05. The number of halogens is 1. The molecule has 1 N–H and O–H groups in total. The van der Waals surface area contributed by atoms with Gasteiger partial charge in [0.25, 0.3) is 5.91 Å². The Bertz CT molecular complexity index is 1070. The molecule has 0 spiro atoms. The van der Waals surface area contributed by atoms with E-state index in [0.717, 1.165) is 16.9 Å². The molecule has 7 heteroatoms. The van der Waals surface area contributed by atoms with Crippen molar-refractivity contribution in [2.24, 2.45) is 0 Å². The van der Waals surface area contributed by atoms with Crippen molar-refractivity contribution in [2.45, 2.75) is 26.7 Å². The number of hydrogen-bond acceptors (Lipinski definition) is 4. The van der Waals surface area contributed by atoms with Crippen LogP contribution < -0.4 is 10.2 Å². The molecule has 0 saturated carbocycles. The third-order valence-corrected chi connectivity index (χ3v) is 5.43. The molecule has 1 amide bonds. The predicted octanol–water partition coefficient (Wildman–Crippen LogP) is 4.53. The van der Waals surface area contributed by atoms with E-state index in [1.165, 1.54) is 6.07 Å². The number of carbonyl (C=O) groups is 1. The molecule has 2 heterocycles. The maximum absolute atomic E-state index is 14.7. The van der Waals surface area contributed by atoms with Gasteiger partial charge in [0.05, 0.1) is 42.0 Å². The number of amides is 1. The van der Waals surface area contributed by atoms with E-state index in [0.29, 0.717) is 43.2 Å². The Balaban J connectivity index is 1.57. The van der Waals surface area contributed by atoms with Crippen LogP contribution in [0.15, 0.2) is 48.7 Å². The second-order valence-electron chi connectivity index (χ2n) is 8.07. The lowest BCUT2D eigenvalue weighted by Crippen LogP contribution is -2.36. The first-order valence-electron chi connectivity index (χ1n) is 10.5. The van der Waals surface area contributed by atoms with E-state index in [4.69, 9.17) is 4.74 Å². The summed E-state index contributed by atoms with van der Waals surface area (Å²) in [5.41, 5.74) is 4.28. The molecule has 162 valence electrons. The zero-order valence-electron chi connectivity index (χ0n) is 18.1. The van der Waals surface area contributed by atoms with Crippen LogP contribution in [0.3, 0.4) is 0 Å². The van der Waals surface area contributed by atoms with Crippen molar-refractivity contribution in [3.8, 4) is 5.69 Å². The smallest absolute Gasteiger partial charge is 0.259 e. The molecule has 0 bridgehead atoms. The molecule has 2 aromatic carbocycles. The Morgan fingerprint density at radius 2 is 1.84 bits per heavy atom. The number of morpholine rings is 1. The van der Waals surface area contributed by atoms with Crippen molar-refractivity contribution in [3.63, 3.8) is 0 Å². The van der Waals surface area contributed by atoms with Gasteiger partial charge in [-0.1, -0.05) is 31.5 Å². The summed E-state index contributed by atoms with van der Waals surface area (Å²) >= 11 is 0. The summed E-state index contributed by atoms with van der Waals surface area (Å²) in [5, 5.41) is 7.28. The molecule has 4 rings (SSSR count). The molecule has 1 fully saturated rings. The average Bonchev–Trinajstić information content (AvgIpc) is 3.21. The van der Waals surface area contributed by atoms with Gasteiger partial charge in [-0.15, -0.1) is 0 Å². The molecule has 3 aromatic rings. The second kappa shape index (κ2) is 8.89. The van der Waals surface area contributed by atoms with Gasteiger partial charge in [0.1, 0.15) is 5.82 Å². The maximum atomic E-state index is 14.7. The van der Waals surface area contributed by atoms with Crippen LogP contribution in [0.5, 0.6) is 0 Å². The molecule has 0 aliphatic carbocycles. The molecule has 1 aromatic heterocycles. The Morgan fingerprint density at radius 3 is 2.48 bits per heavy atom. The highest BCUT2D eigenvalue weighted by Gasteiger charge is 2.22. The van der Waals surface area contributed by atoms with Gasteiger partial charge in [-0.25, -0.2) is 9.07 Å². The maximum Gasteiger partial charge on any atom is 0.259 e. The number of nitrogens with one attached hydrogen (secondary N) is 1. The van der Waals surface area contributed by atoms with Crippen molar-refractivity contribution in [1.82, 2.24) is 9.78 Å². The fourth-order valence-electron chi connectivity index (χ4n) is 3.82. The lowest BCUT2D eigenvalue weighted by molar-refractivity contribution is 0.102. The topological polar surface area (TPSA) is 59.4 Å². The largest absolute Gasteiger partial charge is 0.378 e. The zero-order valence-corrected chi connectivity index (χ0v) is 18.1. The SMILES string of the molecule is Cc1ccc(-n2ncc(C(=O)Nc3ccc(N4CCOCC4)c(F)c3)c2C(C)C)cc1. The minimum Gasteiger partial charge on any atom is -0.378 e. The quantitative estimate of drug-likeness (QED) is 0.656. The molecule has 1 saturated heterocycles. The van der Waals surface area contributed by atoms with Crippen LogP contribution in [-0.2, 0) is 4.74 Å². The van der Waals surface area contributed by atoms with Crippen LogP contribution in [0.25, 0.3) is 5.69 Å². The molecule has 6 nitrogen and oxygen atoms in total. The van der Waals surface area contributed by atoms with Crippen LogP contribution in [0.1, 0.15) is 41.4 Å². The van der Waals surface area contributed by atoms with E-state index in [-0.39, 0.29) is 17.6 Å². The summed E-state index contributed by atoms with van der Waals surface area (Å²) in [6.07, 6.45) is 1.57.